The van der Waals surface area contributed by atoms with E-state index in [0.717, 1.165) is 25.7 Å². The first-order chi connectivity index (χ1) is 13.5. The van der Waals surface area contributed by atoms with Crippen molar-refractivity contribution in [2.45, 2.75) is 100 Å². The van der Waals surface area contributed by atoms with Gasteiger partial charge in [0.2, 0.25) is 0 Å². The van der Waals surface area contributed by atoms with E-state index < -0.39 is 28.0 Å². The molecule has 1 aliphatic carbocycles. The summed E-state index contributed by atoms with van der Waals surface area (Å²) in [5.41, 5.74) is 0. The number of alkyl halides is 3. The molecule has 0 aromatic heterocycles. The molecule has 4 atom stereocenters. The quantitative estimate of drug-likeness (QED) is 0.169. The van der Waals surface area contributed by atoms with E-state index in [-0.39, 0.29) is 43.5 Å². The minimum atomic E-state index is -3.30. The third-order valence-corrected chi connectivity index (χ3v) is 6.96. The van der Waals surface area contributed by atoms with Crippen LogP contribution in [0.2, 0.25) is 0 Å². The Bertz CT molecular complexity index is 527. The number of carboxylic acids is 1. The van der Waals surface area contributed by atoms with Crippen molar-refractivity contribution in [2.75, 3.05) is 6.61 Å². The summed E-state index contributed by atoms with van der Waals surface area (Å²) in [6.45, 7) is 3.46. The lowest BCUT2D eigenvalue weighted by molar-refractivity contribution is -0.274. The molecule has 1 aliphatic rings. The molecule has 3 unspecified atom stereocenters. The Morgan fingerprint density at radius 1 is 1.21 bits per heavy atom. The first-order valence-corrected chi connectivity index (χ1v) is 11.7. The van der Waals surface area contributed by atoms with Gasteiger partial charge in [-0.15, -0.1) is 0 Å². The van der Waals surface area contributed by atoms with Crippen LogP contribution in [0, 0.1) is 11.8 Å². The fourth-order valence-corrected chi connectivity index (χ4v) is 4.47. The molecule has 0 radical (unpaired) electrons. The Balaban J connectivity index is 2.56. The van der Waals surface area contributed by atoms with Gasteiger partial charge in [0.25, 0.3) is 0 Å². The van der Waals surface area contributed by atoms with Crippen LogP contribution in [0.3, 0.4) is 0 Å². The van der Waals surface area contributed by atoms with Gasteiger partial charge >= 0.3 is 12.1 Å². The number of ether oxygens (including phenoxy) is 1. The molecule has 170 valence electrons. The largest absolute Gasteiger partial charge is 0.481 e. The zero-order valence-electron chi connectivity index (χ0n) is 17.5. The van der Waals surface area contributed by atoms with Gasteiger partial charge in [0.05, 0.1) is 12.5 Å². The van der Waals surface area contributed by atoms with Crippen LogP contribution in [-0.2, 0) is 14.3 Å². The van der Waals surface area contributed by atoms with Gasteiger partial charge in [-0.25, -0.2) is 0 Å². The van der Waals surface area contributed by atoms with Crippen LogP contribution in [0.15, 0.2) is 0 Å². The Kier molecular flexibility index (Phi) is 11.5. The van der Waals surface area contributed by atoms with Crippen molar-refractivity contribution >= 4 is 34.3 Å². The lowest BCUT2D eigenvalue weighted by atomic mass is 9.87. The lowest BCUT2D eigenvalue weighted by Gasteiger charge is -2.31. The Labute approximate surface area is 186 Å². The minimum Gasteiger partial charge on any atom is -0.481 e. The highest BCUT2D eigenvalue weighted by molar-refractivity contribution is 14.1. The topological polar surface area (TPSA) is 83.8 Å². The molecule has 0 saturated heterocycles. The number of aliphatic hydroxyl groups excluding tert-OH is 1. The smallest absolute Gasteiger partial charge is 0.357 e. The van der Waals surface area contributed by atoms with Crippen LogP contribution in [0.4, 0.5) is 8.78 Å². The van der Waals surface area contributed by atoms with Crippen LogP contribution in [0.1, 0.15) is 84.5 Å². The van der Waals surface area contributed by atoms with Crippen molar-refractivity contribution in [1.29, 1.82) is 0 Å². The number of aliphatic carboxylic acids is 1. The van der Waals surface area contributed by atoms with Gasteiger partial charge in [0.1, 0.15) is 5.78 Å². The molecule has 1 saturated carbocycles. The monoisotopic (exact) mass is 532 g/mol. The summed E-state index contributed by atoms with van der Waals surface area (Å²) in [6, 6.07) is 0. The van der Waals surface area contributed by atoms with Crippen molar-refractivity contribution in [2.24, 2.45) is 11.8 Å². The second-order valence-electron chi connectivity index (χ2n) is 8.39. The number of carboxylic acid groups (broad SMARTS) is 1. The molecule has 0 amide bonds. The van der Waals surface area contributed by atoms with Gasteiger partial charge in [-0.3, -0.25) is 9.59 Å². The molecule has 5 nitrogen and oxygen atoms in total. The molecular formula is C21H35F2IO5. The highest BCUT2D eigenvalue weighted by atomic mass is 127. The Hall–Kier alpha value is -0.350. The van der Waals surface area contributed by atoms with Crippen molar-refractivity contribution in [3.63, 3.8) is 0 Å². The molecule has 0 heterocycles. The van der Waals surface area contributed by atoms with Crippen LogP contribution < -0.4 is 0 Å². The third kappa shape index (κ3) is 10.0. The number of hydrogen-bond donors (Lipinski definition) is 2. The number of unbranched alkanes of at least 4 members (excludes halogenated alkanes) is 4. The number of hydrogen-bond acceptors (Lipinski definition) is 4. The van der Waals surface area contributed by atoms with Gasteiger partial charge < -0.3 is 14.9 Å². The number of Topliss-reactive ketones (excluding diaryl/α,β-unsaturated/α-hetero) is 1. The van der Waals surface area contributed by atoms with E-state index in [1.165, 1.54) is 0 Å². The average Bonchev–Trinajstić information content (AvgIpc) is 2.87. The highest BCUT2D eigenvalue weighted by Gasteiger charge is 2.48. The van der Waals surface area contributed by atoms with E-state index in [4.69, 9.17) is 9.84 Å². The molecule has 0 aromatic rings. The van der Waals surface area contributed by atoms with Crippen molar-refractivity contribution in [3.8, 4) is 0 Å². The van der Waals surface area contributed by atoms with Crippen molar-refractivity contribution in [3.05, 3.63) is 0 Å². The fourth-order valence-electron chi connectivity index (χ4n) is 4.03. The molecular weight excluding hydrogens is 497 g/mol. The van der Waals surface area contributed by atoms with E-state index in [1.54, 1.807) is 6.92 Å². The molecule has 0 aliphatic heterocycles. The van der Waals surface area contributed by atoms with E-state index in [0.29, 0.717) is 19.3 Å². The average molecular weight is 532 g/mol. The second kappa shape index (κ2) is 12.5. The number of halogens is 3. The summed E-state index contributed by atoms with van der Waals surface area (Å²) in [6.07, 6.45) is 1.09. The van der Waals surface area contributed by atoms with E-state index in [1.807, 2.05) is 29.5 Å². The summed E-state index contributed by atoms with van der Waals surface area (Å²) in [7, 11) is 0. The van der Waals surface area contributed by atoms with Crippen LogP contribution in [0.25, 0.3) is 0 Å². The second-order valence-corrected chi connectivity index (χ2v) is 11.0. The maximum atomic E-state index is 14.5. The normalized spacial score (nSPS) is 24.6. The Morgan fingerprint density at radius 2 is 1.83 bits per heavy atom. The summed E-state index contributed by atoms with van der Waals surface area (Å²) >= 11 is 2.02. The highest BCUT2D eigenvalue weighted by Crippen LogP contribution is 2.42. The first kappa shape index (κ1) is 26.7. The predicted molar refractivity (Wildman–Crippen MR) is 115 cm³/mol. The summed E-state index contributed by atoms with van der Waals surface area (Å²) in [5, 5.41) is 18.0. The van der Waals surface area contributed by atoms with Gasteiger partial charge in [0.15, 0.2) is 0 Å². The minimum absolute atomic E-state index is 0.0202. The van der Waals surface area contributed by atoms with Gasteiger partial charge in [-0.05, 0) is 31.6 Å². The van der Waals surface area contributed by atoms with Crippen molar-refractivity contribution in [1.82, 2.24) is 0 Å². The standard InChI is InChI=1S/C21H35F2IO5/c1-3-20(2,24)14-21(22,23)29-18-13-17(26)15(16(18)11-12-25)9-7-5-4-6-8-10-19(27)28/h15-16,18,25H,3-14H2,1-2H3,(H,27,28)/t15?,16?,18?,20-/m1/s1. The van der Waals surface area contributed by atoms with Crippen LogP contribution in [0.5, 0.6) is 0 Å². The summed E-state index contributed by atoms with van der Waals surface area (Å²) in [4.78, 5) is 23.0. The number of rotatable bonds is 15. The maximum absolute atomic E-state index is 14.5. The number of ketones is 1. The van der Waals surface area contributed by atoms with Crippen molar-refractivity contribution < 1.29 is 33.3 Å². The van der Waals surface area contributed by atoms with E-state index in [2.05, 4.69) is 0 Å². The molecule has 0 spiro atoms. The van der Waals surface area contributed by atoms with Gasteiger partial charge in [-0.2, -0.15) is 8.78 Å². The Morgan fingerprint density at radius 3 is 2.41 bits per heavy atom. The third-order valence-electron chi connectivity index (χ3n) is 5.81. The zero-order valence-corrected chi connectivity index (χ0v) is 19.6. The number of carbonyl (C=O) groups excluding carboxylic acids is 1. The molecule has 0 bridgehead atoms. The molecule has 2 N–H and O–H groups in total. The predicted octanol–water partition coefficient (Wildman–Crippen LogP) is 5.36. The summed E-state index contributed by atoms with van der Waals surface area (Å²) < 4.78 is 33.5. The van der Waals surface area contributed by atoms with Gasteiger partial charge in [0, 0.05) is 28.8 Å². The zero-order chi connectivity index (χ0) is 22.1. The first-order valence-electron chi connectivity index (χ1n) is 10.6. The molecule has 29 heavy (non-hydrogen) atoms. The SMILES string of the molecule is CC[C@@](C)(I)CC(F)(F)OC1CC(=O)C(CCCCCCCC(=O)O)C1CCO. The molecule has 8 heteroatoms. The maximum Gasteiger partial charge on any atom is 0.357 e. The summed E-state index contributed by atoms with van der Waals surface area (Å²) in [5.74, 6) is -1.58. The molecule has 1 fully saturated rings. The molecule has 0 aromatic carbocycles. The number of carbonyl (C=O) groups is 2. The fraction of sp³-hybridized carbons (Fsp3) is 0.905. The van der Waals surface area contributed by atoms with Crippen LogP contribution >= 0.6 is 22.6 Å². The van der Waals surface area contributed by atoms with E-state index >= 15 is 0 Å². The van der Waals surface area contributed by atoms with Gasteiger partial charge in [-0.1, -0.05) is 62.1 Å². The van der Waals surface area contributed by atoms with Crippen LogP contribution in [-0.4, -0.2) is 44.2 Å². The van der Waals surface area contributed by atoms with E-state index in [9.17, 15) is 23.5 Å². The number of aliphatic hydroxyl groups is 1. The lowest BCUT2D eigenvalue weighted by Crippen LogP contribution is -2.36. The molecule has 1 rings (SSSR count).